The molecule has 0 fully saturated rings. The fraction of sp³-hybridized carbons (Fsp3) is 0. The van der Waals surface area contributed by atoms with Crippen molar-refractivity contribution in [1.82, 2.24) is 0 Å². The first-order valence-electron chi connectivity index (χ1n) is 3.27. The van der Waals surface area contributed by atoms with E-state index in [9.17, 15) is 0 Å². The Morgan fingerprint density at radius 3 is 1.58 bits per heavy atom. The van der Waals surface area contributed by atoms with Gasteiger partial charge >= 0.3 is 0 Å². The van der Waals surface area contributed by atoms with Crippen LogP contribution in [0.1, 0.15) is 5.56 Å². The van der Waals surface area contributed by atoms with E-state index in [1.54, 1.807) is 0 Å². The second kappa shape index (κ2) is 11.8. The number of terminal acetylenes is 2. The van der Waals surface area contributed by atoms with Gasteiger partial charge in [0.15, 0.2) is 0 Å². The van der Waals surface area contributed by atoms with Crippen molar-refractivity contribution >= 4 is 6.08 Å². The Morgan fingerprint density at radius 2 is 1.33 bits per heavy atom. The average Bonchev–Trinajstić information content (AvgIpc) is 2.25. The second-order valence-electron chi connectivity index (χ2n) is 1.61. The van der Waals surface area contributed by atoms with Gasteiger partial charge in [0, 0.05) is 0 Å². The summed E-state index contributed by atoms with van der Waals surface area (Å²) in [6, 6.07) is 10.0. The molecule has 0 heteroatoms. The molecule has 0 bridgehead atoms. The van der Waals surface area contributed by atoms with Crippen molar-refractivity contribution in [3.63, 3.8) is 0 Å². The maximum absolute atomic E-state index is 4.00. The highest BCUT2D eigenvalue weighted by Crippen LogP contribution is 1.97. The maximum Gasteiger partial charge on any atom is -0.0263 e. The molecule has 12 heavy (non-hydrogen) atoms. The summed E-state index contributed by atoms with van der Waals surface area (Å²) >= 11 is 0. The van der Waals surface area contributed by atoms with Gasteiger partial charge in [0.05, 0.1) is 0 Å². The van der Waals surface area contributed by atoms with E-state index in [0.29, 0.717) is 0 Å². The van der Waals surface area contributed by atoms with Crippen LogP contribution in [0.4, 0.5) is 0 Å². The topological polar surface area (TPSA) is 0 Å². The molecule has 0 unspecified atom stereocenters. The van der Waals surface area contributed by atoms with Gasteiger partial charge in [-0.25, -0.2) is 0 Å². The van der Waals surface area contributed by atoms with Crippen molar-refractivity contribution in [2.24, 2.45) is 0 Å². The van der Waals surface area contributed by atoms with E-state index >= 15 is 0 Å². The molecule has 0 nitrogen and oxygen atoms in total. The standard InChI is InChI=1S/C8H8.2C2H2/c1-2-8-6-4-3-5-7-8;2*1-2/h2-7H,1H2;2*1-2H. The van der Waals surface area contributed by atoms with Crippen molar-refractivity contribution in [2.75, 3.05) is 0 Å². The zero-order valence-electron chi connectivity index (χ0n) is 6.98. The summed E-state index contributed by atoms with van der Waals surface area (Å²) in [6.07, 6.45) is 17.8. The molecule has 0 aliphatic carbocycles. The van der Waals surface area contributed by atoms with Crippen molar-refractivity contribution in [3.05, 3.63) is 42.5 Å². The average molecular weight is 156 g/mol. The third kappa shape index (κ3) is 6.20. The maximum atomic E-state index is 4.00. The Kier molecular flexibility index (Phi) is 12.5. The molecule has 0 saturated carbocycles. The van der Waals surface area contributed by atoms with Gasteiger partial charge in [-0.15, -0.1) is 25.7 Å². The van der Waals surface area contributed by atoms with Gasteiger partial charge in [-0.2, -0.15) is 0 Å². The van der Waals surface area contributed by atoms with E-state index in [0.717, 1.165) is 0 Å². The monoisotopic (exact) mass is 156 g/mol. The van der Waals surface area contributed by atoms with E-state index in [1.807, 2.05) is 36.4 Å². The predicted octanol–water partition coefficient (Wildman–Crippen LogP) is 2.83. The summed E-state index contributed by atoms with van der Waals surface area (Å²) in [7, 11) is 0. The number of hydrogen-bond donors (Lipinski definition) is 0. The van der Waals surface area contributed by atoms with Crippen LogP contribution in [0.25, 0.3) is 6.08 Å². The quantitative estimate of drug-likeness (QED) is 0.548. The van der Waals surface area contributed by atoms with Crippen LogP contribution in [-0.2, 0) is 0 Å². The summed E-state index contributed by atoms with van der Waals surface area (Å²) < 4.78 is 0. The molecule has 0 N–H and O–H groups in total. The third-order valence-electron chi connectivity index (χ3n) is 1.04. The van der Waals surface area contributed by atoms with E-state index in [1.165, 1.54) is 5.56 Å². The summed E-state index contributed by atoms with van der Waals surface area (Å²) in [4.78, 5) is 0. The van der Waals surface area contributed by atoms with E-state index in [-0.39, 0.29) is 0 Å². The van der Waals surface area contributed by atoms with Crippen molar-refractivity contribution in [3.8, 4) is 25.7 Å². The van der Waals surface area contributed by atoms with Gasteiger partial charge < -0.3 is 0 Å². The Bertz CT molecular complexity index is 220. The molecule has 1 aromatic rings. The smallest absolute Gasteiger partial charge is 0.0263 e. The Morgan fingerprint density at radius 1 is 0.917 bits per heavy atom. The molecule has 1 aromatic carbocycles. The summed E-state index contributed by atoms with van der Waals surface area (Å²) in [6.45, 7) is 3.63. The highest BCUT2D eigenvalue weighted by atomic mass is 13.8. The zero-order valence-corrected chi connectivity index (χ0v) is 6.98. The molecule has 0 spiro atoms. The van der Waals surface area contributed by atoms with Gasteiger partial charge in [0.2, 0.25) is 0 Å². The molecule has 0 aliphatic rings. The van der Waals surface area contributed by atoms with Crippen LogP contribution >= 0.6 is 0 Å². The number of hydrogen-bond acceptors (Lipinski definition) is 0. The van der Waals surface area contributed by atoms with Crippen LogP contribution in [0.2, 0.25) is 0 Å². The first-order valence-corrected chi connectivity index (χ1v) is 3.27. The molecular weight excluding hydrogens is 144 g/mol. The lowest BCUT2D eigenvalue weighted by Crippen LogP contribution is -1.63. The predicted molar refractivity (Wildman–Crippen MR) is 56.3 cm³/mol. The molecular formula is C12H12. The Balaban J connectivity index is 0. The lowest BCUT2D eigenvalue weighted by molar-refractivity contribution is 1.67. The molecule has 1 rings (SSSR count). The van der Waals surface area contributed by atoms with Crippen molar-refractivity contribution in [2.45, 2.75) is 0 Å². The van der Waals surface area contributed by atoms with Crippen molar-refractivity contribution < 1.29 is 0 Å². The lowest BCUT2D eigenvalue weighted by atomic mass is 10.2. The first-order chi connectivity index (χ1) is 5.93. The number of benzene rings is 1. The highest BCUT2D eigenvalue weighted by Gasteiger charge is 1.75. The third-order valence-corrected chi connectivity index (χ3v) is 1.04. The molecule has 60 valence electrons. The largest absolute Gasteiger partial charge is 0.124 e. The molecule has 0 aliphatic heterocycles. The van der Waals surface area contributed by atoms with Crippen LogP contribution < -0.4 is 0 Å². The molecule has 0 atom stereocenters. The van der Waals surface area contributed by atoms with E-state index in [4.69, 9.17) is 0 Å². The van der Waals surface area contributed by atoms with Gasteiger partial charge in [-0.1, -0.05) is 43.0 Å². The lowest BCUT2D eigenvalue weighted by Gasteiger charge is -1.85. The van der Waals surface area contributed by atoms with Gasteiger partial charge in [-0.05, 0) is 5.56 Å². The summed E-state index contributed by atoms with van der Waals surface area (Å²) in [5, 5.41) is 0. The fourth-order valence-electron chi connectivity index (χ4n) is 0.589. The summed E-state index contributed by atoms with van der Waals surface area (Å²) in [5.41, 5.74) is 1.17. The van der Waals surface area contributed by atoms with Crippen LogP contribution in [0.3, 0.4) is 0 Å². The molecule has 0 radical (unpaired) electrons. The minimum Gasteiger partial charge on any atom is -0.124 e. The van der Waals surface area contributed by atoms with Crippen LogP contribution in [0, 0.1) is 25.7 Å². The van der Waals surface area contributed by atoms with Gasteiger partial charge in [-0.3, -0.25) is 0 Å². The fourth-order valence-corrected chi connectivity index (χ4v) is 0.589. The van der Waals surface area contributed by atoms with E-state index in [2.05, 4.69) is 32.3 Å². The first kappa shape index (κ1) is 12.7. The Hall–Kier alpha value is -1.92. The van der Waals surface area contributed by atoms with Gasteiger partial charge in [0.25, 0.3) is 0 Å². The minimum absolute atomic E-state index is 1.17. The molecule has 0 amide bonds. The van der Waals surface area contributed by atoms with Crippen LogP contribution in [0.5, 0.6) is 0 Å². The van der Waals surface area contributed by atoms with Crippen molar-refractivity contribution in [1.29, 1.82) is 0 Å². The molecule has 0 aromatic heterocycles. The summed E-state index contributed by atoms with van der Waals surface area (Å²) in [5.74, 6) is 0. The molecule has 0 heterocycles. The second-order valence-corrected chi connectivity index (χ2v) is 1.61. The van der Waals surface area contributed by atoms with E-state index < -0.39 is 0 Å². The highest BCUT2D eigenvalue weighted by molar-refractivity contribution is 5.45. The van der Waals surface area contributed by atoms with Gasteiger partial charge in [0.1, 0.15) is 0 Å². The van der Waals surface area contributed by atoms with Crippen LogP contribution in [-0.4, -0.2) is 0 Å². The number of rotatable bonds is 1. The zero-order chi connectivity index (χ0) is 9.82. The van der Waals surface area contributed by atoms with Crippen LogP contribution in [0.15, 0.2) is 36.9 Å². The Labute approximate surface area is 74.9 Å². The minimum atomic E-state index is 1.17. The molecule has 0 saturated heterocycles. The normalized spacial score (nSPS) is 6.00. The SMILES string of the molecule is C#C.C#C.C=Cc1ccccc1.